The first-order valence-corrected chi connectivity index (χ1v) is 8.25. The fraction of sp³-hybridized carbons (Fsp3) is 1.00. The Hall–Kier alpha value is -0.0800. The second kappa shape index (κ2) is 5.50. The fourth-order valence-electron chi connectivity index (χ4n) is 4.15. The third-order valence-electron chi connectivity index (χ3n) is 5.70. The van der Waals surface area contributed by atoms with Crippen LogP contribution in [0.2, 0.25) is 0 Å². The first-order chi connectivity index (χ1) is 8.75. The highest BCUT2D eigenvalue weighted by Gasteiger charge is 2.40. The van der Waals surface area contributed by atoms with Crippen molar-refractivity contribution in [2.75, 3.05) is 13.1 Å². The van der Waals surface area contributed by atoms with Gasteiger partial charge in [0.1, 0.15) is 0 Å². The highest BCUT2D eigenvalue weighted by Crippen LogP contribution is 2.38. The Morgan fingerprint density at radius 2 is 1.83 bits per heavy atom. The average molecular weight is 250 g/mol. The molecule has 0 aromatic heterocycles. The van der Waals surface area contributed by atoms with Crippen molar-refractivity contribution in [3.63, 3.8) is 0 Å². The van der Waals surface area contributed by atoms with E-state index in [2.05, 4.69) is 24.1 Å². The molecule has 2 nitrogen and oxygen atoms in total. The van der Waals surface area contributed by atoms with Crippen LogP contribution in [-0.4, -0.2) is 36.1 Å². The Balaban J connectivity index is 1.64. The van der Waals surface area contributed by atoms with Gasteiger partial charge in [-0.2, -0.15) is 0 Å². The topological polar surface area (TPSA) is 15.3 Å². The SMILES string of the molecule is CC1CCCC(N(CC2CCCN2)C2CC2)C1C. The Labute approximate surface area is 113 Å². The molecule has 0 spiro atoms. The van der Waals surface area contributed by atoms with Gasteiger partial charge in [-0.3, -0.25) is 4.90 Å². The summed E-state index contributed by atoms with van der Waals surface area (Å²) in [5, 5.41) is 3.69. The van der Waals surface area contributed by atoms with Crippen LogP contribution in [0.15, 0.2) is 0 Å². The molecule has 0 bridgehead atoms. The monoisotopic (exact) mass is 250 g/mol. The van der Waals surface area contributed by atoms with E-state index >= 15 is 0 Å². The number of rotatable bonds is 4. The molecule has 3 aliphatic rings. The molecule has 2 aliphatic carbocycles. The molecule has 3 fully saturated rings. The first kappa shape index (κ1) is 12.9. The molecular formula is C16H30N2. The summed E-state index contributed by atoms with van der Waals surface area (Å²) in [6.07, 6.45) is 10.1. The third kappa shape index (κ3) is 2.75. The molecule has 1 aliphatic heterocycles. The summed E-state index contributed by atoms with van der Waals surface area (Å²) < 4.78 is 0. The van der Waals surface area contributed by atoms with Crippen molar-refractivity contribution in [2.24, 2.45) is 11.8 Å². The molecule has 3 rings (SSSR count). The molecule has 0 aromatic rings. The molecule has 1 N–H and O–H groups in total. The van der Waals surface area contributed by atoms with E-state index in [-0.39, 0.29) is 0 Å². The third-order valence-corrected chi connectivity index (χ3v) is 5.70. The van der Waals surface area contributed by atoms with E-state index in [4.69, 9.17) is 0 Å². The highest BCUT2D eigenvalue weighted by molar-refractivity contribution is 4.95. The van der Waals surface area contributed by atoms with Crippen molar-refractivity contribution in [1.29, 1.82) is 0 Å². The summed E-state index contributed by atoms with van der Waals surface area (Å²) in [6, 6.07) is 2.60. The molecule has 0 radical (unpaired) electrons. The van der Waals surface area contributed by atoms with Gasteiger partial charge in [0, 0.05) is 24.7 Å². The predicted octanol–water partition coefficient (Wildman–Crippen LogP) is 3.03. The van der Waals surface area contributed by atoms with Gasteiger partial charge >= 0.3 is 0 Å². The first-order valence-electron chi connectivity index (χ1n) is 8.25. The van der Waals surface area contributed by atoms with Crippen LogP contribution in [0.3, 0.4) is 0 Å². The summed E-state index contributed by atoms with van der Waals surface area (Å²) >= 11 is 0. The van der Waals surface area contributed by atoms with E-state index < -0.39 is 0 Å². The van der Waals surface area contributed by atoms with Crippen LogP contribution in [0.1, 0.15) is 58.8 Å². The molecule has 104 valence electrons. The maximum absolute atomic E-state index is 3.69. The molecule has 1 saturated heterocycles. The Morgan fingerprint density at radius 3 is 2.50 bits per heavy atom. The van der Waals surface area contributed by atoms with Gasteiger partial charge in [0.15, 0.2) is 0 Å². The van der Waals surface area contributed by atoms with Gasteiger partial charge in [0.05, 0.1) is 0 Å². The molecule has 0 aromatic carbocycles. The largest absolute Gasteiger partial charge is 0.313 e. The van der Waals surface area contributed by atoms with Gasteiger partial charge in [-0.25, -0.2) is 0 Å². The quantitative estimate of drug-likeness (QED) is 0.825. The van der Waals surface area contributed by atoms with E-state index in [0.29, 0.717) is 0 Å². The smallest absolute Gasteiger partial charge is 0.0195 e. The molecule has 4 atom stereocenters. The fourth-order valence-corrected chi connectivity index (χ4v) is 4.15. The van der Waals surface area contributed by atoms with Gasteiger partial charge < -0.3 is 5.32 Å². The van der Waals surface area contributed by atoms with E-state index in [1.807, 2.05) is 0 Å². The Morgan fingerprint density at radius 1 is 1.00 bits per heavy atom. The van der Waals surface area contributed by atoms with Gasteiger partial charge in [-0.05, 0) is 50.5 Å². The lowest BCUT2D eigenvalue weighted by atomic mass is 9.77. The predicted molar refractivity (Wildman–Crippen MR) is 76.7 cm³/mol. The summed E-state index contributed by atoms with van der Waals surface area (Å²) in [5.41, 5.74) is 0. The average Bonchev–Trinajstić information content (AvgIpc) is 3.08. The molecule has 4 unspecified atom stereocenters. The van der Waals surface area contributed by atoms with Crippen LogP contribution in [0, 0.1) is 11.8 Å². The standard InChI is InChI=1S/C16H30N2/c1-12-5-3-7-16(13(12)2)18(15-8-9-15)11-14-6-4-10-17-14/h12-17H,3-11H2,1-2H3. The zero-order valence-corrected chi connectivity index (χ0v) is 12.2. The minimum Gasteiger partial charge on any atom is -0.313 e. The van der Waals surface area contributed by atoms with E-state index in [0.717, 1.165) is 30.0 Å². The van der Waals surface area contributed by atoms with Gasteiger partial charge in [-0.15, -0.1) is 0 Å². The molecule has 0 amide bonds. The Bertz CT molecular complexity index is 268. The summed E-state index contributed by atoms with van der Waals surface area (Å²) in [6.45, 7) is 7.55. The Kier molecular flexibility index (Phi) is 3.95. The summed E-state index contributed by atoms with van der Waals surface area (Å²) in [4.78, 5) is 2.91. The van der Waals surface area contributed by atoms with Crippen molar-refractivity contribution in [3.8, 4) is 0 Å². The van der Waals surface area contributed by atoms with Crippen LogP contribution in [-0.2, 0) is 0 Å². The second-order valence-electron chi connectivity index (χ2n) is 7.06. The van der Waals surface area contributed by atoms with E-state index in [9.17, 15) is 0 Å². The highest BCUT2D eigenvalue weighted by atomic mass is 15.2. The maximum Gasteiger partial charge on any atom is 0.0195 e. The van der Waals surface area contributed by atoms with Crippen LogP contribution in [0.25, 0.3) is 0 Å². The van der Waals surface area contributed by atoms with E-state index in [1.165, 1.54) is 58.0 Å². The van der Waals surface area contributed by atoms with Gasteiger partial charge in [-0.1, -0.05) is 26.7 Å². The van der Waals surface area contributed by atoms with Gasteiger partial charge in [0.25, 0.3) is 0 Å². The number of nitrogens with one attached hydrogen (secondary N) is 1. The van der Waals surface area contributed by atoms with Crippen molar-refractivity contribution in [1.82, 2.24) is 10.2 Å². The van der Waals surface area contributed by atoms with Crippen molar-refractivity contribution in [3.05, 3.63) is 0 Å². The second-order valence-corrected chi connectivity index (χ2v) is 7.06. The summed E-state index contributed by atoms with van der Waals surface area (Å²) in [5.74, 6) is 1.84. The number of hydrogen-bond donors (Lipinski definition) is 1. The zero-order chi connectivity index (χ0) is 12.5. The number of nitrogens with zero attached hydrogens (tertiary/aromatic N) is 1. The minimum atomic E-state index is 0.787. The maximum atomic E-state index is 3.69. The zero-order valence-electron chi connectivity index (χ0n) is 12.2. The van der Waals surface area contributed by atoms with Gasteiger partial charge in [0.2, 0.25) is 0 Å². The molecule has 1 heterocycles. The van der Waals surface area contributed by atoms with Crippen molar-refractivity contribution in [2.45, 2.75) is 76.9 Å². The molecule has 18 heavy (non-hydrogen) atoms. The van der Waals surface area contributed by atoms with E-state index in [1.54, 1.807) is 0 Å². The normalized spacial score (nSPS) is 41.5. The lowest BCUT2D eigenvalue weighted by Crippen LogP contribution is -2.49. The lowest BCUT2D eigenvalue weighted by Gasteiger charge is -2.43. The van der Waals surface area contributed by atoms with Crippen LogP contribution in [0.4, 0.5) is 0 Å². The van der Waals surface area contributed by atoms with Crippen LogP contribution < -0.4 is 5.32 Å². The van der Waals surface area contributed by atoms with Crippen molar-refractivity contribution < 1.29 is 0 Å². The number of hydrogen-bond acceptors (Lipinski definition) is 2. The molecule has 2 saturated carbocycles. The lowest BCUT2D eigenvalue weighted by molar-refractivity contribution is 0.0678. The summed E-state index contributed by atoms with van der Waals surface area (Å²) in [7, 11) is 0. The van der Waals surface area contributed by atoms with Crippen molar-refractivity contribution >= 4 is 0 Å². The van der Waals surface area contributed by atoms with Crippen LogP contribution >= 0.6 is 0 Å². The minimum absolute atomic E-state index is 0.787. The van der Waals surface area contributed by atoms with Crippen LogP contribution in [0.5, 0.6) is 0 Å². The molecule has 2 heteroatoms. The molecular weight excluding hydrogens is 220 g/mol.